The maximum Gasteiger partial charge on any atom is 0.0646 e. The lowest BCUT2D eigenvalue weighted by molar-refractivity contribution is 0.894. The molecule has 0 spiro atoms. The summed E-state index contributed by atoms with van der Waals surface area (Å²) in [5.41, 5.74) is 7.07. The number of thiophene rings is 1. The predicted octanol–water partition coefficient (Wildman–Crippen LogP) is 4.10. The van der Waals surface area contributed by atoms with E-state index in [2.05, 4.69) is 0 Å². The highest BCUT2D eigenvalue weighted by Crippen LogP contribution is 2.29. The van der Waals surface area contributed by atoms with Crippen molar-refractivity contribution in [3.63, 3.8) is 0 Å². The Bertz CT molecular complexity index is 454. The zero-order chi connectivity index (χ0) is 10.8. The zero-order valence-electron chi connectivity index (χ0n) is 7.78. The fourth-order valence-electron chi connectivity index (χ4n) is 1.34. The van der Waals surface area contributed by atoms with Crippen molar-refractivity contribution in [2.75, 3.05) is 0 Å². The van der Waals surface area contributed by atoms with E-state index in [4.69, 9.17) is 28.9 Å². The lowest BCUT2D eigenvalue weighted by Crippen LogP contribution is -2.09. The van der Waals surface area contributed by atoms with Gasteiger partial charge in [0.15, 0.2) is 0 Å². The summed E-state index contributed by atoms with van der Waals surface area (Å²) < 4.78 is 0. The highest BCUT2D eigenvalue weighted by molar-refractivity contribution is 7.10. The van der Waals surface area contributed by atoms with Crippen LogP contribution in [0.15, 0.2) is 35.7 Å². The Balaban J connectivity index is 2.34. The SMILES string of the molecule is NC(c1ccc(Cl)c(Cl)c1)c1cccs1. The lowest BCUT2D eigenvalue weighted by Gasteiger charge is -2.10. The number of rotatable bonds is 2. The van der Waals surface area contributed by atoms with Crippen LogP contribution in [0, 0.1) is 0 Å². The second kappa shape index (κ2) is 4.54. The van der Waals surface area contributed by atoms with Crippen molar-refractivity contribution in [1.29, 1.82) is 0 Å². The molecule has 2 aromatic rings. The Morgan fingerprint density at radius 3 is 2.53 bits per heavy atom. The minimum atomic E-state index is -0.125. The van der Waals surface area contributed by atoms with E-state index in [0.717, 1.165) is 10.4 Å². The van der Waals surface area contributed by atoms with Gasteiger partial charge in [-0.05, 0) is 29.1 Å². The van der Waals surface area contributed by atoms with Crippen molar-refractivity contribution in [2.45, 2.75) is 6.04 Å². The van der Waals surface area contributed by atoms with Gasteiger partial charge in [0.2, 0.25) is 0 Å². The van der Waals surface area contributed by atoms with Gasteiger partial charge in [-0.2, -0.15) is 0 Å². The molecule has 1 unspecified atom stereocenters. The average Bonchev–Trinajstić information content (AvgIpc) is 2.74. The molecule has 0 saturated carbocycles. The normalized spacial score (nSPS) is 12.7. The van der Waals surface area contributed by atoms with Gasteiger partial charge in [0.05, 0.1) is 16.1 Å². The number of benzene rings is 1. The van der Waals surface area contributed by atoms with Gasteiger partial charge >= 0.3 is 0 Å². The van der Waals surface area contributed by atoms with E-state index in [1.54, 1.807) is 17.4 Å². The highest BCUT2D eigenvalue weighted by atomic mass is 35.5. The van der Waals surface area contributed by atoms with Gasteiger partial charge < -0.3 is 5.73 Å². The molecule has 78 valence electrons. The van der Waals surface area contributed by atoms with Crippen LogP contribution < -0.4 is 5.73 Å². The first-order valence-corrected chi connectivity index (χ1v) is 6.06. The molecule has 1 aromatic heterocycles. The minimum absolute atomic E-state index is 0.125. The highest BCUT2D eigenvalue weighted by Gasteiger charge is 2.10. The van der Waals surface area contributed by atoms with Crippen LogP contribution in [-0.4, -0.2) is 0 Å². The van der Waals surface area contributed by atoms with E-state index in [0.29, 0.717) is 10.0 Å². The standard InChI is InChI=1S/C11H9Cl2NS/c12-8-4-3-7(6-9(8)13)11(14)10-2-1-5-15-10/h1-6,11H,14H2. The maximum atomic E-state index is 6.09. The van der Waals surface area contributed by atoms with Crippen LogP contribution in [0.2, 0.25) is 10.0 Å². The van der Waals surface area contributed by atoms with Crippen molar-refractivity contribution in [1.82, 2.24) is 0 Å². The summed E-state index contributed by atoms with van der Waals surface area (Å²) in [5.74, 6) is 0. The van der Waals surface area contributed by atoms with Crippen LogP contribution in [0.4, 0.5) is 0 Å². The van der Waals surface area contributed by atoms with Crippen LogP contribution in [0.1, 0.15) is 16.5 Å². The predicted molar refractivity (Wildman–Crippen MR) is 66.8 cm³/mol. The number of halogens is 2. The molecule has 0 aliphatic carbocycles. The Kier molecular flexibility index (Phi) is 3.32. The molecule has 0 aliphatic heterocycles. The van der Waals surface area contributed by atoms with Crippen LogP contribution in [0.5, 0.6) is 0 Å². The molecule has 0 bridgehead atoms. The summed E-state index contributed by atoms with van der Waals surface area (Å²) in [7, 11) is 0. The molecular weight excluding hydrogens is 249 g/mol. The van der Waals surface area contributed by atoms with Gasteiger partial charge in [0.1, 0.15) is 0 Å². The van der Waals surface area contributed by atoms with Crippen molar-refractivity contribution in [3.8, 4) is 0 Å². The van der Waals surface area contributed by atoms with Gasteiger partial charge in [0.25, 0.3) is 0 Å². The summed E-state index contributed by atoms with van der Waals surface area (Å²) in [5, 5.41) is 3.10. The van der Waals surface area contributed by atoms with E-state index in [1.165, 1.54) is 0 Å². The maximum absolute atomic E-state index is 6.09. The third-order valence-electron chi connectivity index (χ3n) is 2.15. The molecule has 15 heavy (non-hydrogen) atoms. The Labute approximate surface area is 102 Å². The van der Waals surface area contributed by atoms with Gasteiger partial charge in [-0.15, -0.1) is 11.3 Å². The molecule has 1 atom stereocenters. The first-order valence-electron chi connectivity index (χ1n) is 4.42. The van der Waals surface area contributed by atoms with Crippen LogP contribution >= 0.6 is 34.5 Å². The molecule has 2 N–H and O–H groups in total. The molecule has 1 nitrogen and oxygen atoms in total. The van der Waals surface area contributed by atoms with Gasteiger partial charge in [-0.1, -0.05) is 35.3 Å². The minimum Gasteiger partial charge on any atom is -0.320 e. The molecule has 2 rings (SSSR count). The van der Waals surface area contributed by atoms with E-state index in [1.807, 2.05) is 29.6 Å². The zero-order valence-corrected chi connectivity index (χ0v) is 10.1. The number of hydrogen-bond acceptors (Lipinski definition) is 2. The smallest absolute Gasteiger partial charge is 0.0646 e. The van der Waals surface area contributed by atoms with E-state index >= 15 is 0 Å². The fourth-order valence-corrected chi connectivity index (χ4v) is 2.40. The fraction of sp³-hybridized carbons (Fsp3) is 0.0909. The first kappa shape index (κ1) is 11.0. The Morgan fingerprint density at radius 2 is 1.93 bits per heavy atom. The lowest BCUT2D eigenvalue weighted by atomic mass is 10.1. The van der Waals surface area contributed by atoms with E-state index in [-0.39, 0.29) is 6.04 Å². The molecular formula is C11H9Cl2NS. The van der Waals surface area contributed by atoms with Crippen LogP contribution in [-0.2, 0) is 0 Å². The monoisotopic (exact) mass is 257 g/mol. The van der Waals surface area contributed by atoms with E-state index in [9.17, 15) is 0 Å². The summed E-state index contributed by atoms with van der Waals surface area (Å²) in [4.78, 5) is 1.12. The summed E-state index contributed by atoms with van der Waals surface area (Å²) in [6.45, 7) is 0. The van der Waals surface area contributed by atoms with Crippen molar-refractivity contribution >= 4 is 34.5 Å². The van der Waals surface area contributed by atoms with Gasteiger partial charge in [-0.25, -0.2) is 0 Å². The molecule has 1 aromatic carbocycles. The summed E-state index contributed by atoms with van der Waals surface area (Å²) in [6, 6.07) is 9.36. The third-order valence-corrected chi connectivity index (χ3v) is 3.85. The third kappa shape index (κ3) is 2.34. The van der Waals surface area contributed by atoms with Crippen molar-refractivity contribution < 1.29 is 0 Å². The Morgan fingerprint density at radius 1 is 1.13 bits per heavy atom. The largest absolute Gasteiger partial charge is 0.320 e. The van der Waals surface area contributed by atoms with Gasteiger partial charge in [0, 0.05) is 4.88 Å². The number of nitrogens with two attached hydrogens (primary N) is 1. The first-order chi connectivity index (χ1) is 7.18. The van der Waals surface area contributed by atoms with Crippen LogP contribution in [0.25, 0.3) is 0 Å². The quantitative estimate of drug-likeness (QED) is 0.862. The molecule has 0 amide bonds. The van der Waals surface area contributed by atoms with E-state index < -0.39 is 0 Å². The molecule has 0 fully saturated rings. The molecule has 1 heterocycles. The van der Waals surface area contributed by atoms with Crippen molar-refractivity contribution in [3.05, 3.63) is 56.2 Å². The van der Waals surface area contributed by atoms with Crippen molar-refractivity contribution in [2.24, 2.45) is 5.73 Å². The summed E-state index contributed by atoms with van der Waals surface area (Å²) in [6.07, 6.45) is 0. The second-order valence-electron chi connectivity index (χ2n) is 3.17. The second-order valence-corrected chi connectivity index (χ2v) is 4.96. The van der Waals surface area contributed by atoms with Crippen LogP contribution in [0.3, 0.4) is 0 Å². The van der Waals surface area contributed by atoms with Gasteiger partial charge in [-0.3, -0.25) is 0 Å². The molecule has 0 saturated heterocycles. The molecule has 0 aliphatic rings. The number of hydrogen-bond donors (Lipinski definition) is 1. The Hall–Kier alpha value is -0.540. The molecule has 4 heteroatoms. The topological polar surface area (TPSA) is 26.0 Å². The average molecular weight is 258 g/mol. The summed E-state index contributed by atoms with van der Waals surface area (Å²) >= 11 is 13.4. The molecule has 0 radical (unpaired) electrons.